The number of rotatable bonds is 2. The monoisotopic (exact) mass is 135 g/mol. The summed E-state index contributed by atoms with van der Waals surface area (Å²) < 4.78 is 0. The van der Waals surface area contributed by atoms with Crippen molar-refractivity contribution in [1.29, 1.82) is 0 Å². The first kappa shape index (κ1) is 7.59. The molecule has 1 aliphatic rings. The van der Waals surface area contributed by atoms with Gasteiger partial charge in [0.2, 0.25) is 0 Å². The van der Waals surface area contributed by atoms with Crippen LogP contribution in [0.15, 0.2) is 17.7 Å². The lowest BCUT2D eigenvalue weighted by atomic mass is 9.89. The molecule has 1 unspecified atom stereocenters. The van der Waals surface area contributed by atoms with Gasteiger partial charge in [-0.15, -0.1) is 0 Å². The fraction of sp³-hybridized carbons (Fsp3) is 0.600. The standard InChI is InChI=1S/C10H15/c1-9(2)8-10-6-4-3-5-7-10/h1,3-4,10H,5-8H2,2H3. The Morgan fingerprint density at radius 1 is 1.60 bits per heavy atom. The molecule has 0 fully saturated rings. The molecule has 0 aromatic heterocycles. The molecule has 1 aliphatic carbocycles. The third-order valence-corrected chi connectivity index (χ3v) is 1.99. The van der Waals surface area contributed by atoms with Gasteiger partial charge in [-0.05, 0) is 38.5 Å². The summed E-state index contributed by atoms with van der Waals surface area (Å²) in [6.07, 6.45) is 9.46. The lowest BCUT2D eigenvalue weighted by Crippen LogP contribution is -2.02. The van der Waals surface area contributed by atoms with Crippen molar-refractivity contribution in [1.82, 2.24) is 0 Å². The third kappa shape index (κ3) is 2.38. The minimum Gasteiger partial charge on any atom is -0.0885 e. The topological polar surface area (TPSA) is 0 Å². The first-order chi connectivity index (χ1) is 4.79. The van der Waals surface area contributed by atoms with E-state index in [9.17, 15) is 0 Å². The molecular weight excluding hydrogens is 120 g/mol. The van der Waals surface area contributed by atoms with Crippen LogP contribution in [-0.2, 0) is 0 Å². The molecule has 0 aliphatic heterocycles. The molecule has 0 aromatic carbocycles. The van der Waals surface area contributed by atoms with Crippen molar-refractivity contribution in [2.24, 2.45) is 5.92 Å². The second-order valence-corrected chi connectivity index (χ2v) is 3.20. The molecule has 1 radical (unpaired) electrons. The molecule has 0 bridgehead atoms. The SMILES string of the molecule is [CH]=C(C)CC1CC=CCC1. The smallest absolute Gasteiger partial charge is 0.0288 e. The Bertz CT molecular complexity index is 142. The molecule has 0 nitrogen and oxygen atoms in total. The van der Waals surface area contributed by atoms with Gasteiger partial charge in [0.1, 0.15) is 0 Å². The van der Waals surface area contributed by atoms with Crippen molar-refractivity contribution >= 4 is 0 Å². The highest BCUT2D eigenvalue weighted by Gasteiger charge is 2.08. The van der Waals surface area contributed by atoms with Crippen LogP contribution in [0.25, 0.3) is 0 Å². The zero-order valence-corrected chi connectivity index (χ0v) is 6.64. The fourth-order valence-corrected chi connectivity index (χ4v) is 1.50. The fourth-order valence-electron chi connectivity index (χ4n) is 1.50. The van der Waals surface area contributed by atoms with Gasteiger partial charge in [0.25, 0.3) is 0 Å². The van der Waals surface area contributed by atoms with E-state index in [-0.39, 0.29) is 0 Å². The van der Waals surface area contributed by atoms with Gasteiger partial charge < -0.3 is 0 Å². The minimum atomic E-state index is 0.829. The van der Waals surface area contributed by atoms with Crippen LogP contribution in [0.2, 0.25) is 0 Å². The molecular formula is C10H15. The highest BCUT2D eigenvalue weighted by molar-refractivity contribution is 4.95. The molecule has 0 heterocycles. The predicted molar refractivity (Wildman–Crippen MR) is 44.6 cm³/mol. The molecule has 0 spiro atoms. The average molecular weight is 135 g/mol. The van der Waals surface area contributed by atoms with Gasteiger partial charge in [0.15, 0.2) is 0 Å². The quantitative estimate of drug-likeness (QED) is 0.510. The van der Waals surface area contributed by atoms with Gasteiger partial charge in [0.05, 0.1) is 0 Å². The Balaban J connectivity index is 2.28. The molecule has 0 N–H and O–H groups in total. The Hall–Kier alpha value is -0.520. The minimum absolute atomic E-state index is 0.829. The lowest BCUT2D eigenvalue weighted by Gasteiger charge is -2.16. The van der Waals surface area contributed by atoms with E-state index in [0.717, 1.165) is 17.9 Å². The van der Waals surface area contributed by atoms with Crippen molar-refractivity contribution < 1.29 is 0 Å². The lowest BCUT2D eigenvalue weighted by molar-refractivity contribution is 0.476. The van der Waals surface area contributed by atoms with Crippen molar-refractivity contribution in [2.45, 2.75) is 32.6 Å². The maximum atomic E-state index is 5.62. The van der Waals surface area contributed by atoms with Gasteiger partial charge in [-0.2, -0.15) is 0 Å². The molecule has 0 aromatic rings. The first-order valence-corrected chi connectivity index (χ1v) is 4.02. The summed E-state index contributed by atoms with van der Waals surface area (Å²) in [4.78, 5) is 0. The van der Waals surface area contributed by atoms with Crippen LogP contribution < -0.4 is 0 Å². The normalized spacial score (nSPS) is 24.7. The van der Waals surface area contributed by atoms with Crippen LogP contribution in [-0.4, -0.2) is 0 Å². The van der Waals surface area contributed by atoms with Crippen molar-refractivity contribution in [3.8, 4) is 0 Å². The summed E-state index contributed by atoms with van der Waals surface area (Å²) in [5.74, 6) is 0.829. The first-order valence-electron chi connectivity index (χ1n) is 4.02. The van der Waals surface area contributed by atoms with E-state index in [1.807, 2.05) is 6.92 Å². The largest absolute Gasteiger partial charge is 0.0885 e. The Morgan fingerprint density at radius 3 is 2.90 bits per heavy atom. The second kappa shape index (κ2) is 3.60. The van der Waals surface area contributed by atoms with Crippen LogP contribution in [0.4, 0.5) is 0 Å². The zero-order valence-electron chi connectivity index (χ0n) is 6.64. The van der Waals surface area contributed by atoms with E-state index in [1.54, 1.807) is 0 Å². The van der Waals surface area contributed by atoms with Gasteiger partial charge in [-0.25, -0.2) is 0 Å². The van der Waals surface area contributed by atoms with Crippen LogP contribution in [0, 0.1) is 12.5 Å². The summed E-state index contributed by atoms with van der Waals surface area (Å²) >= 11 is 0. The Kier molecular flexibility index (Phi) is 2.73. The average Bonchev–Trinajstić information content (AvgIpc) is 1.88. The van der Waals surface area contributed by atoms with Crippen LogP contribution in [0.5, 0.6) is 0 Å². The number of hydrogen-bond donors (Lipinski definition) is 0. The summed E-state index contributed by atoms with van der Waals surface area (Å²) in [6, 6.07) is 0. The molecule has 0 amide bonds. The molecule has 1 rings (SSSR count). The van der Waals surface area contributed by atoms with Gasteiger partial charge in [-0.3, -0.25) is 0 Å². The van der Waals surface area contributed by atoms with E-state index in [0.29, 0.717) is 0 Å². The molecule has 10 heavy (non-hydrogen) atoms. The van der Waals surface area contributed by atoms with Crippen LogP contribution >= 0.6 is 0 Å². The molecule has 55 valence electrons. The Morgan fingerprint density at radius 2 is 2.40 bits per heavy atom. The summed E-state index contributed by atoms with van der Waals surface area (Å²) in [5, 5.41) is 0. The van der Waals surface area contributed by atoms with Crippen LogP contribution in [0.1, 0.15) is 32.6 Å². The van der Waals surface area contributed by atoms with E-state index >= 15 is 0 Å². The van der Waals surface area contributed by atoms with E-state index in [2.05, 4.69) is 12.2 Å². The van der Waals surface area contributed by atoms with Crippen LogP contribution in [0.3, 0.4) is 0 Å². The van der Waals surface area contributed by atoms with Gasteiger partial charge in [-0.1, -0.05) is 24.3 Å². The predicted octanol–water partition coefficient (Wildman–Crippen LogP) is 3.11. The van der Waals surface area contributed by atoms with E-state index < -0.39 is 0 Å². The summed E-state index contributed by atoms with van der Waals surface area (Å²) in [5.41, 5.74) is 1.08. The van der Waals surface area contributed by atoms with Crippen molar-refractivity contribution in [3.05, 3.63) is 24.3 Å². The van der Waals surface area contributed by atoms with Crippen molar-refractivity contribution in [3.63, 3.8) is 0 Å². The number of allylic oxidation sites excluding steroid dienone is 3. The van der Waals surface area contributed by atoms with Gasteiger partial charge >= 0.3 is 0 Å². The summed E-state index contributed by atoms with van der Waals surface area (Å²) in [6.45, 7) is 7.63. The van der Waals surface area contributed by atoms with Crippen molar-refractivity contribution in [2.75, 3.05) is 0 Å². The number of hydrogen-bond acceptors (Lipinski definition) is 0. The van der Waals surface area contributed by atoms with Gasteiger partial charge in [0, 0.05) is 0 Å². The highest BCUT2D eigenvalue weighted by Crippen LogP contribution is 2.23. The zero-order chi connectivity index (χ0) is 7.40. The molecule has 0 heteroatoms. The van der Waals surface area contributed by atoms with E-state index in [1.165, 1.54) is 19.3 Å². The molecule has 0 saturated carbocycles. The molecule has 0 saturated heterocycles. The Labute approximate surface area is 63.6 Å². The second-order valence-electron chi connectivity index (χ2n) is 3.20. The highest BCUT2D eigenvalue weighted by atomic mass is 14.1. The maximum Gasteiger partial charge on any atom is -0.0288 e. The molecule has 1 atom stereocenters. The summed E-state index contributed by atoms with van der Waals surface area (Å²) in [7, 11) is 0. The van der Waals surface area contributed by atoms with E-state index in [4.69, 9.17) is 6.58 Å². The third-order valence-electron chi connectivity index (χ3n) is 1.99. The maximum absolute atomic E-state index is 5.62.